The van der Waals surface area contributed by atoms with Gasteiger partial charge in [-0.3, -0.25) is 4.57 Å². The molecular formula is C8H14NO3P. The van der Waals surface area contributed by atoms with E-state index in [1.807, 2.05) is 18.2 Å². The molecule has 74 valence electrons. The first-order chi connectivity index (χ1) is 6.16. The molecule has 0 aliphatic carbocycles. The second-order valence-corrected chi connectivity index (χ2v) is 2.87. The molecule has 0 amide bonds. The molecule has 0 atom stereocenters. The monoisotopic (exact) mass is 203 g/mol. The third kappa shape index (κ3) is 9.24. The molecule has 5 heteroatoms. The molecular weight excluding hydrogens is 189 g/mol. The van der Waals surface area contributed by atoms with Crippen LogP contribution < -0.4 is 5.73 Å². The lowest BCUT2D eigenvalue weighted by molar-refractivity contribution is 0.405. The van der Waals surface area contributed by atoms with Crippen LogP contribution in [0, 0.1) is 0 Å². The molecule has 0 fully saturated rings. The van der Waals surface area contributed by atoms with Crippen molar-refractivity contribution >= 4 is 8.25 Å². The van der Waals surface area contributed by atoms with Crippen LogP contribution in [-0.4, -0.2) is 16.3 Å². The van der Waals surface area contributed by atoms with Crippen molar-refractivity contribution in [3.8, 4) is 0 Å². The summed E-state index contributed by atoms with van der Waals surface area (Å²) in [7, 11) is -3.13. The fourth-order valence-electron chi connectivity index (χ4n) is 0.811. The number of nitrogens with two attached hydrogens (primary N) is 1. The zero-order valence-electron chi connectivity index (χ0n) is 7.18. The van der Waals surface area contributed by atoms with E-state index in [-0.39, 0.29) is 0 Å². The molecule has 0 spiro atoms. The Balaban J connectivity index is 0.000000310. The van der Waals surface area contributed by atoms with E-state index in [0.29, 0.717) is 0 Å². The molecule has 0 aliphatic heterocycles. The Hall–Kier alpha value is -0.670. The molecule has 1 rings (SSSR count). The summed E-state index contributed by atoms with van der Waals surface area (Å²) < 4.78 is 8.74. The summed E-state index contributed by atoms with van der Waals surface area (Å²) in [4.78, 5) is 14.3. The number of hydrogen-bond donors (Lipinski definition) is 3. The van der Waals surface area contributed by atoms with Gasteiger partial charge in [0, 0.05) is 0 Å². The SMILES string of the molecule is NCCc1ccccc1.O=[PH](O)O. The van der Waals surface area contributed by atoms with Crippen molar-refractivity contribution in [1.29, 1.82) is 0 Å². The van der Waals surface area contributed by atoms with Crippen LogP contribution in [0.15, 0.2) is 30.3 Å². The van der Waals surface area contributed by atoms with E-state index in [4.69, 9.17) is 20.1 Å². The van der Waals surface area contributed by atoms with Gasteiger partial charge in [-0.2, -0.15) is 0 Å². The summed E-state index contributed by atoms with van der Waals surface area (Å²) in [6, 6.07) is 10.3. The smallest absolute Gasteiger partial charge is 0.314 e. The highest BCUT2D eigenvalue weighted by molar-refractivity contribution is 7.30. The van der Waals surface area contributed by atoms with Crippen molar-refractivity contribution in [3.63, 3.8) is 0 Å². The highest BCUT2D eigenvalue weighted by atomic mass is 31.1. The lowest BCUT2D eigenvalue weighted by Gasteiger charge is -1.93. The highest BCUT2D eigenvalue weighted by Crippen LogP contribution is 1.98. The Morgan fingerprint density at radius 1 is 1.23 bits per heavy atom. The Kier molecular flexibility index (Phi) is 7.54. The number of hydrogen-bond acceptors (Lipinski definition) is 2. The standard InChI is InChI=1S/C8H11N.H3O3P/c9-7-6-8-4-2-1-3-5-8;1-4(2)3/h1-5H,6-7,9H2;4H,(H2,1,2,3). The van der Waals surface area contributed by atoms with E-state index in [0.717, 1.165) is 13.0 Å². The van der Waals surface area contributed by atoms with Crippen LogP contribution in [0.4, 0.5) is 0 Å². The summed E-state index contributed by atoms with van der Waals surface area (Å²) >= 11 is 0. The van der Waals surface area contributed by atoms with Gasteiger partial charge in [0.05, 0.1) is 0 Å². The maximum Gasteiger partial charge on any atom is 0.314 e. The maximum absolute atomic E-state index is 8.74. The largest absolute Gasteiger partial charge is 0.330 e. The molecule has 4 nitrogen and oxygen atoms in total. The fourth-order valence-corrected chi connectivity index (χ4v) is 0.811. The van der Waals surface area contributed by atoms with Gasteiger partial charge in [0.25, 0.3) is 0 Å². The molecule has 0 aliphatic rings. The quantitative estimate of drug-likeness (QED) is 0.613. The molecule has 1 aromatic rings. The summed E-state index contributed by atoms with van der Waals surface area (Å²) in [5.74, 6) is 0. The Morgan fingerprint density at radius 2 is 1.69 bits per heavy atom. The minimum absolute atomic E-state index is 0.740. The van der Waals surface area contributed by atoms with Gasteiger partial charge in [-0.05, 0) is 18.5 Å². The van der Waals surface area contributed by atoms with E-state index >= 15 is 0 Å². The van der Waals surface area contributed by atoms with E-state index in [1.54, 1.807) is 0 Å². The zero-order chi connectivity index (χ0) is 10.1. The van der Waals surface area contributed by atoms with Gasteiger partial charge >= 0.3 is 8.25 Å². The average molecular weight is 203 g/mol. The molecule has 13 heavy (non-hydrogen) atoms. The van der Waals surface area contributed by atoms with E-state index in [1.165, 1.54) is 5.56 Å². The van der Waals surface area contributed by atoms with Crippen LogP contribution in [-0.2, 0) is 11.0 Å². The van der Waals surface area contributed by atoms with Gasteiger partial charge in [0.1, 0.15) is 0 Å². The minimum Gasteiger partial charge on any atom is -0.330 e. The fraction of sp³-hybridized carbons (Fsp3) is 0.250. The first-order valence-electron chi connectivity index (χ1n) is 3.82. The van der Waals surface area contributed by atoms with Crippen LogP contribution >= 0.6 is 8.25 Å². The third-order valence-electron chi connectivity index (χ3n) is 1.28. The van der Waals surface area contributed by atoms with Gasteiger partial charge in [0.2, 0.25) is 0 Å². The van der Waals surface area contributed by atoms with Crippen LogP contribution in [0.25, 0.3) is 0 Å². The lowest BCUT2D eigenvalue weighted by atomic mass is 10.2. The van der Waals surface area contributed by atoms with Crippen LogP contribution in [0.3, 0.4) is 0 Å². The highest BCUT2D eigenvalue weighted by Gasteiger charge is 1.84. The molecule has 0 saturated heterocycles. The van der Waals surface area contributed by atoms with Gasteiger partial charge in [-0.15, -0.1) is 0 Å². The predicted octanol–water partition coefficient (Wildman–Crippen LogP) is 0.548. The molecule has 0 unspecified atom stereocenters. The van der Waals surface area contributed by atoms with Crippen molar-refractivity contribution in [2.75, 3.05) is 6.54 Å². The van der Waals surface area contributed by atoms with Gasteiger partial charge in [-0.1, -0.05) is 30.3 Å². The van der Waals surface area contributed by atoms with Crippen molar-refractivity contribution in [2.45, 2.75) is 6.42 Å². The predicted molar refractivity (Wildman–Crippen MR) is 52.6 cm³/mol. The van der Waals surface area contributed by atoms with Gasteiger partial charge in [0.15, 0.2) is 0 Å². The van der Waals surface area contributed by atoms with E-state index < -0.39 is 8.25 Å². The van der Waals surface area contributed by atoms with Crippen molar-refractivity contribution in [2.24, 2.45) is 5.73 Å². The average Bonchev–Trinajstić information content (AvgIpc) is 2.06. The molecule has 1 aromatic carbocycles. The number of benzene rings is 1. The van der Waals surface area contributed by atoms with Crippen molar-refractivity contribution < 1.29 is 14.4 Å². The summed E-state index contributed by atoms with van der Waals surface area (Å²) in [5.41, 5.74) is 6.68. The van der Waals surface area contributed by atoms with Crippen molar-refractivity contribution in [1.82, 2.24) is 0 Å². The normalized spacial score (nSPS) is 9.23. The Morgan fingerprint density at radius 3 is 2.08 bits per heavy atom. The molecule has 0 aromatic heterocycles. The van der Waals surface area contributed by atoms with Crippen LogP contribution in [0.1, 0.15) is 5.56 Å². The maximum atomic E-state index is 8.74. The summed E-state index contributed by atoms with van der Waals surface area (Å²) in [6.45, 7) is 0.740. The molecule has 0 bridgehead atoms. The summed E-state index contributed by atoms with van der Waals surface area (Å²) in [5, 5.41) is 0. The third-order valence-corrected chi connectivity index (χ3v) is 1.28. The second kappa shape index (κ2) is 7.95. The number of rotatable bonds is 2. The van der Waals surface area contributed by atoms with Crippen molar-refractivity contribution in [3.05, 3.63) is 35.9 Å². The summed E-state index contributed by atoms with van der Waals surface area (Å²) in [6.07, 6.45) is 0.987. The van der Waals surface area contributed by atoms with Crippen LogP contribution in [0.2, 0.25) is 0 Å². The first kappa shape index (κ1) is 12.3. The second-order valence-electron chi connectivity index (χ2n) is 2.31. The van der Waals surface area contributed by atoms with E-state index in [2.05, 4.69) is 12.1 Å². The van der Waals surface area contributed by atoms with Gasteiger partial charge < -0.3 is 15.5 Å². The minimum atomic E-state index is -3.13. The van der Waals surface area contributed by atoms with Crippen LogP contribution in [0.5, 0.6) is 0 Å². The molecule has 0 heterocycles. The molecule has 0 saturated carbocycles. The topological polar surface area (TPSA) is 83.6 Å². The zero-order valence-corrected chi connectivity index (χ0v) is 8.18. The molecule has 4 N–H and O–H groups in total. The lowest BCUT2D eigenvalue weighted by Crippen LogP contribution is -2.01. The van der Waals surface area contributed by atoms with Gasteiger partial charge in [-0.25, -0.2) is 0 Å². The molecule has 0 radical (unpaired) electrons. The Bertz CT molecular complexity index is 236. The van der Waals surface area contributed by atoms with E-state index in [9.17, 15) is 0 Å². The Labute approximate surface area is 78.0 Å². The first-order valence-corrected chi connectivity index (χ1v) is 5.13.